The van der Waals surface area contributed by atoms with Gasteiger partial charge in [-0.15, -0.1) is 0 Å². The summed E-state index contributed by atoms with van der Waals surface area (Å²) in [6.45, 7) is 4.71. The molecule has 0 radical (unpaired) electrons. The highest BCUT2D eigenvalue weighted by Gasteiger charge is 2.35. The molecule has 0 saturated heterocycles. The zero-order valence-corrected chi connectivity index (χ0v) is 24.2. The fourth-order valence-corrected chi connectivity index (χ4v) is 8.35. The SMILES string of the molecule is CC1(C)c2ccccc2-c2cc(-c3cc4ccc5cccc6c7cccc8ccc9cccc(c(c3)c4c56)c9c87)ccc21. The molecule has 0 atom stereocenters. The number of hydrogen-bond donors (Lipinski definition) is 0. The van der Waals surface area contributed by atoms with Crippen LogP contribution >= 0.6 is 0 Å². The molecular formula is C43H28. The molecule has 0 bridgehead atoms. The third-order valence-corrected chi connectivity index (χ3v) is 10.3. The van der Waals surface area contributed by atoms with Crippen molar-refractivity contribution >= 4 is 64.6 Å². The smallest absolute Gasteiger partial charge is 0.0158 e. The van der Waals surface area contributed by atoms with E-state index in [1.165, 1.54) is 98.0 Å². The van der Waals surface area contributed by atoms with E-state index in [1.807, 2.05) is 0 Å². The van der Waals surface area contributed by atoms with Crippen molar-refractivity contribution in [3.63, 3.8) is 0 Å². The lowest BCUT2D eigenvalue weighted by atomic mass is 9.82. The monoisotopic (exact) mass is 544 g/mol. The Bertz CT molecular complexity index is 2630. The molecule has 0 aliphatic heterocycles. The van der Waals surface area contributed by atoms with E-state index in [1.54, 1.807) is 0 Å². The second-order valence-corrected chi connectivity index (χ2v) is 12.9. The first-order valence-corrected chi connectivity index (χ1v) is 15.3. The molecular weight excluding hydrogens is 516 g/mol. The highest BCUT2D eigenvalue weighted by atomic mass is 14.4. The quantitative estimate of drug-likeness (QED) is 0.180. The molecule has 0 fully saturated rings. The van der Waals surface area contributed by atoms with Crippen LogP contribution in [0.4, 0.5) is 0 Å². The van der Waals surface area contributed by atoms with Gasteiger partial charge < -0.3 is 0 Å². The summed E-state index contributed by atoms with van der Waals surface area (Å²) in [6, 6.07) is 50.6. The van der Waals surface area contributed by atoms with E-state index in [0.29, 0.717) is 0 Å². The second-order valence-electron chi connectivity index (χ2n) is 12.9. The Balaban J connectivity index is 1.40. The van der Waals surface area contributed by atoms with Gasteiger partial charge in [-0.3, -0.25) is 0 Å². The highest BCUT2D eigenvalue weighted by molar-refractivity contribution is 6.37. The summed E-state index contributed by atoms with van der Waals surface area (Å²) in [5.74, 6) is 0. The van der Waals surface area contributed by atoms with Crippen LogP contribution in [0.2, 0.25) is 0 Å². The second kappa shape index (κ2) is 8.00. The third-order valence-electron chi connectivity index (χ3n) is 10.3. The first kappa shape index (κ1) is 23.4. The molecule has 1 aliphatic carbocycles. The number of fused-ring (bicyclic) bond motifs is 5. The van der Waals surface area contributed by atoms with Crippen molar-refractivity contribution in [3.05, 3.63) is 145 Å². The van der Waals surface area contributed by atoms with E-state index in [9.17, 15) is 0 Å². The summed E-state index contributed by atoms with van der Waals surface area (Å²) < 4.78 is 0. The van der Waals surface area contributed by atoms with Crippen LogP contribution in [-0.2, 0) is 5.41 Å². The minimum absolute atomic E-state index is 0.00698. The van der Waals surface area contributed by atoms with Crippen molar-refractivity contribution in [1.29, 1.82) is 0 Å². The predicted octanol–water partition coefficient (Wildman–Crippen LogP) is 12.0. The van der Waals surface area contributed by atoms with Gasteiger partial charge in [-0.05, 0) is 116 Å². The minimum atomic E-state index is 0.00698. The molecule has 0 nitrogen and oxygen atoms in total. The van der Waals surface area contributed by atoms with Gasteiger partial charge in [-0.25, -0.2) is 0 Å². The summed E-state index contributed by atoms with van der Waals surface area (Å²) in [5.41, 5.74) is 8.10. The standard InChI is InChI=1S/C43H28/c1-43(2)37-15-4-3-11-31(37)35-23-28(20-21-38(35)43)30-22-29-19-18-27-9-6-13-33-32-12-5-8-25-16-17-26-10-7-14-34(41(26)39(25)32)36(24-30)42(29)40(27)33/h3-24H,1-2H3. The number of hydrogen-bond acceptors (Lipinski definition) is 0. The maximum absolute atomic E-state index is 2.47. The van der Waals surface area contributed by atoms with Crippen LogP contribution < -0.4 is 0 Å². The van der Waals surface area contributed by atoms with Gasteiger partial charge in [0.2, 0.25) is 0 Å². The Labute approximate surface area is 250 Å². The first-order valence-electron chi connectivity index (χ1n) is 15.3. The fraction of sp³-hybridized carbons (Fsp3) is 0.0698. The van der Waals surface area contributed by atoms with Crippen molar-refractivity contribution in [2.75, 3.05) is 0 Å². The molecule has 0 saturated carbocycles. The lowest BCUT2D eigenvalue weighted by Crippen LogP contribution is -2.14. The normalized spacial score (nSPS) is 14.0. The molecule has 0 unspecified atom stereocenters. The van der Waals surface area contributed by atoms with Crippen LogP contribution in [0.15, 0.2) is 133 Å². The molecule has 0 amide bonds. The lowest BCUT2D eigenvalue weighted by molar-refractivity contribution is 0.660. The van der Waals surface area contributed by atoms with Crippen LogP contribution in [0.5, 0.6) is 0 Å². The molecule has 9 aromatic carbocycles. The largest absolute Gasteiger partial charge is 0.0619 e. The van der Waals surface area contributed by atoms with Crippen molar-refractivity contribution < 1.29 is 0 Å². The lowest BCUT2D eigenvalue weighted by Gasteiger charge is -2.21. The maximum atomic E-state index is 2.47. The average Bonchev–Trinajstić information content (AvgIpc) is 3.28. The Hall–Kier alpha value is -5.20. The zero-order valence-electron chi connectivity index (χ0n) is 24.2. The molecule has 10 rings (SSSR count). The molecule has 0 heteroatoms. The summed E-state index contributed by atoms with van der Waals surface area (Å²) in [5, 5.41) is 15.9. The summed E-state index contributed by atoms with van der Waals surface area (Å²) in [4.78, 5) is 0. The topological polar surface area (TPSA) is 0 Å². The van der Waals surface area contributed by atoms with E-state index in [0.717, 1.165) is 0 Å². The molecule has 9 aromatic rings. The summed E-state index contributed by atoms with van der Waals surface area (Å²) in [6.07, 6.45) is 0. The van der Waals surface area contributed by atoms with E-state index in [4.69, 9.17) is 0 Å². The van der Waals surface area contributed by atoms with Gasteiger partial charge >= 0.3 is 0 Å². The van der Waals surface area contributed by atoms with Gasteiger partial charge in [0.15, 0.2) is 0 Å². The average molecular weight is 545 g/mol. The Morgan fingerprint density at radius 3 is 1.53 bits per heavy atom. The van der Waals surface area contributed by atoms with Gasteiger partial charge in [-0.2, -0.15) is 0 Å². The zero-order chi connectivity index (χ0) is 28.4. The number of rotatable bonds is 1. The van der Waals surface area contributed by atoms with Crippen LogP contribution in [0, 0.1) is 0 Å². The van der Waals surface area contributed by atoms with Crippen molar-refractivity contribution in [2.45, 2.75) is 19.3 Å². The molecule has 43 heavy (non-hydrogen) atoms. The minimum Gasteiger partial charge on any atom is -0.0619 e. The molecule has 0 aromatic heterocycles. The Morgan fingerprint density at radius 1 is 0.349 bits per heavy atom. The van der Waals surface area contributed by atoms with Crippen molar-refractivity contribution in [1.82, 2.24) is 0 Å². The van der Waals surface area contributed by atoms with Crippen molar-refractivity contribution in [3.8, 4) is 22.3 Å². The van der Waals surface area contributed by atoms with Gasteiger partial charge in [0.1, 0.15) is 0 Å². The first-order chi connectivity index (χ1) is 21.1. The van der Waals surface area contributed by atoms with Gasteiger partial charge in [-0.1, -0.05) is 129 Å². The van der Waals surface area contributed by atoms with Gasteiger partial charge in [0.25, 0.3) is 0 Å². The maximum Gasteiger partial charge on any atom is 0.0158 e. The van der Waals surface area contributed by atoms with Crippen LogP contribution in [0.3, 0.4) is 0 Å². The third kappa shape index (κ3) is 2.96. The van der Waals surface area contributed by atoms with Crippen LogP contribution in [0.25, 0.3) is 86.9 Å². The van der Waals surface area contributed by atoms with Gasteiger partial charge in [0.05, 0.1) is 0 Å². The van der Waals surface area contributed by atoms with E-state index in [2.05, 4.69) is 147 Å². The van der Waals surface area contributed by atoms with Crippen LogP contribution in [-0.4, -0.2) is 0 Å². The predicted molar refractivity (Wildman–Crippen MR) is 186 cm³/mol. The summed E-state index contributed by atoms with van der Waals surface area (Å²) >= 11 is 0. The highest BCUT2D eigenvalue weighted by Crippen LogP contribution is 2.50. The Kier molecular flexibility index (Phi) is 4.35. The van der Waals surface area contributed by atoms with Crippen LogP contribution in [0.1, 0.15) is 25.0 Å². The molecule has 1 aliphatic rings. The molecule has 200 valence electrons. The van der Waals surface area contributed by atoms with E-state index in [-0.39, 0.29) is 5.41 Å². The van der Waals surface area contributed by atoms with E-state index >= 15 is 0 Å². The van der Waals surface area contributed by atoms with Gasteiger partial charge in [0, 0.05) is 5.41 Å². The van der Waals surface area contributed by atoms with Crippen molar-refractivity contribution in [2.24, 2.45) is 0 Å². The molecule has 0 N–H and O–H groups in total. The fourth-order valence-electron chi connectivity index (χ4n) is 8.35. The molecule has 0 spiro atoms. The Morgan fingerprint density at radius 2 is 0.884 bits per heavy atom. The number of benzene rings is 8. The summed E-state index contributed by atoms with van der Waals surface area (Å²) in [7, 11) is 0. The van der Waals surface area contributed by atoms with E-state index < -0.39 is 0 Å². The molecule has 0 heterocycles.